The molecule has 0 amide bonds. The quantitative estimate of drug-likeness (QED) is 0.642. The van der Waals surface area contributed by atoms with Crippen LogP contribution in [0.3, 0.4) is 0 Å². The van der Waals surface area contributed by atoms with Crippen LogP contribution in [0.1, 0.15) is 0 Å². The van der Waals surface area contributed by atoms with E-state index in [0.717, 1.165) is 6.07 Å². The van der Waals surface area contributed by atoms with Gasteiger partial charge in [0.15, 0.2) is 0 Å². The zero-order valence-electron chi connectivity index (χ0n) is 4.11. The molecule has 0 saturated heterocycles. The van der Waals surface area contributed by atoms with Crippen LogP contribution in [0, 0.1) is 15.5 Å². The molecule has 0 unspecified atom stereocenters. The van der Waals surface area contributed by atoms with E-state index in [2.05, 4.69) is 10.2 Å². The summed E-state index contributed by atoms with van der Waals surface area (Å²) in [4.78, 5) is 0. The van der Waals surface area contributed by atoms with Crippen molar-refractivity contribution in [1.29, 1.82) is 0 Å². The zero-order valence-corrected chi connectivity index (χ0v) is 6.26. The van der Waals surface area contributed by atoms with Gasteiger partial charge in [0.05, 0.1) is 3.57 Å². The smallest absolute Gasteiger partial charge is 0.183 e. The minimum Gasteiger partial charge on any atom is -0.183 e. The average molecular weight is 242 g/mol. The van der Waals surface area contributed by atoms with Crippen molar-refractivity contribution in [3.05, 3.63) is 21.5 Å². The molecule has 0 aliphatic rings. The Balaban J connectivity index is 3.17. The number of nitrogens with zero attached hydrogens (tertiary/aromatic N) is 2. The van der Waals surface area contributed by atoms with Gasteiger partial charge in [0.2, 0.25) is 11.9 Å². The molecule has 0 aliphatic carbocycles. The van der Waals surface area contributed by atoms with Gasteiger partial charge in [-0.3, -0.25) is 0 Å². The minimum absolute atomic E-state index is 0.139. The van der Waals surface area contributed by atoms with Gasteiger partial charge >= 0.3 is 0 Å². The summed E-state index contributed by atoms with van der Waals surface area (Å²) in [6.45, 7) is 0. The van der Waals surface area contributed by atoms with E-state index in [9.17, 15) is 8.78 Å². The molecule has 0 bridgehead atoms. The predicted molar refractivity (Wildman–Crippen MR) is 34.7 cm³/mol. The van der Waals surface area contributed by atoms with Crippen molar-refractivity contribution in [3.8, 4) is 0 Å². The molecule has 0 fully saturated rings. The average Bonchev–Trinajstić information content (AvgIpc) is 1.80. The second kappa shape index (κ2) is 2.51. The first-order chi connectivity index (χ1) is 4.20. The van der Waals surface area contributed by atoms with Gasteiger partial charge in [0, 0.05) is 6.07 Å². The Kier molecular flexibility index (Phi) is 1.89. The van der Waals surface area contributed by atoms with Crippen LogP contribution >= 0.6 is 22.6 Å². The highest BCUT2D eigenvalue weighted by atomic mass is 127. The van der Waals surface area contributed by atoms with Crippen molar-refractivity contribution in [2.75, 3.05) is 0 Å². The summed E-state index contributed by atoms with van der Waals surface area (Å²) in [7, 11) is 0. The molecule has 0 N–H and O–H groups in total. The second-order valence-corrected chi connectivity index (χ2v) is 2.47. The van der Waals surface area contributed by atoms with Crippen LogP contribution in [-0.4, -0.2) is 10.2 Å². The van der Waals surface area contributed by atoms with Crippen LogP contribution < -0.4 is 0 Å². The highest BCUT2D eigenvalue weighted by molar-refractivity contribution is 14.1. The molecule has 0 aromatic carbocycles. The lowest BCUT2D eigenvalue weighted by molar-refractivity contribution is 0.501. The van der Waals surface area contributed by atoms with E-state index < -0.39 is 11.9 Å². The Morgan fingerprint density at radius 1 is 1.33 bits per heavy atom. The fraction of sp³-hybridized carbons (Fsp3) is 0. The number of halogens is 3. The highest BCUT2D eigenvalue weighted by Gasteiger charge is 2.00. The van der Waals surface area contributed by atoms with E-state index in [1.54, 1.807) is 22.6 Å². The molecule has 0 atom stereocenters. The Morgan fingerprint density at radius 3 is 2.44 bits per heavy atom. The number of hydrogen-bond donors (Lipinski definition) is 0. The molecular weight excluding hydrogens is 241 g/mol. The Bertz CT molecular complexity index is 228. The number of hydrogen-bond acceptors (Lipinski definition) is 2. The minimum atomic E-state index is -0.763. The monoisotopic (exact) mass is 242 g/mol. The molecule has 0 aliphatic heterocycles. The van der Waals surface area contributed by atoms with E-state index >= 15 is 0 Å². The maximum atomic E-state index is 12.2. The van der Waals surface area contributed by atoms with Crippen LogP contribution in [0.15, 0.2) is 6.07 Å². The molecule has 48 valence electrons. The van der Waals surface area contributed by atoms with Crippen molar-refractivity contribution in [2.45, 2.75) is 0 Å². The maximum absolute atomic E-state index is 12.2. The van der Waals surface area contributed by atoms with Crippen LogP contribution in [0.25, 0.3) is 0 Å². The van der Waals surface area contributed by atoms with Crippen molar-refractivity contribution < 1.29 is 8.78 Å². The molecule has 1 aromatic rings. The Labute approximate surface area is 63.4 Å². The van der Waals surface area contributed by atoms with E-state index in [1.807, 2.05) is 0 Å². The van der Waals surface area contributed by atoms with Crippen molar-refractivity contribution in [3.63, 3.8) is 0 Å². The van der Waals surface area contributed by atoms with Gasteiger partial charge in [-0.15, -0.1) is 10.2 Å². The predicted octanol–water partition coefficient (Wildman–Crippen LogP) is 1.36. The van der Waals surface area contributed by atoms with Crippen LogP contribution in [0.4, 0.5) is 8.78 Å². The van der Waals surface area contributed by atoms with Gasteiger partial charge in [-0.2, -0.15) is 8.78 Å². The second-order valence-electron chi connectivity index (χ2n) is 1.31. The largest absolute Gasteiger partial charge is 0.246 e. The molecule has 1 rings (SSSR count). The maximum Gasteiger partial charge on any atom is 0.246 e. The number of rotatable bonds is 0. The van der Waals surface area contributed by atoms with Crippen LogP contribution in [0.5, 0.6) is 0 Å². The SMILES string of the molecule is Fc1cc(I)c(F)nn1. The molecule has 0 saturated carbocycles. The molecule has 2 nitrogen and oxygen atoms in total. The first kappa shape index (κ1) is 6.79. The summed E-state index contributed by atoms with van der Waals surface area (Å²) in [5.41, 5.74) is 0. The topological polar surface area (TPSA) is 25.8 Å². The lowest BCUT2D eigenvalue weighted by atomic mass is 10.6. The molecule has 5 heteroatoms. The first-order valence-corrected chi connectivity index (χ1v) is 3.12. The highest BCUT2D eigenvalue weighted by Crippen LogP contribution is 2.06. The molecule has 0 radical (unpaired) electrons. The zero-order chi connectivity index (χ0) is 6.85. The van der Waals surface area contributed by atoms with Crippen molar-refractivity contribution in [2.24, 2.45) is 0 Å². The van der Waals surface area contributed by atoms with E-state index in [-0.39, 0.29) is 3.57 Å². The Morgan fingerprint density at radius 2 is 2.00 bits per heavy atom. The summed E-state index contributed by atoms with van der Waals surface area (Å²) in [6.07, 6.45) is 0. The Hall–Kier alpha value is -0.330. The lowest BCUT2D eigenvalue weighted by Gasteiger charge is -1.88. The summed E-state index contributed by atoms with van der Waals surface area (Å²) in [6, 6.07) is 0.975. The molecule has 9 heavy (non-hydrogen) atoms. The normalized spacial score (nSPS) is 9.67. The van der Waals surface area contributed by atoms with Gasteiger partial charge in [-0.05, 0) is 22.6 Å². The van der Waals surface area contributed by atoms with Crippen LogP contribution in [0.2, 0.25) is 0 Å². The van der Waals surface area contributed by atoms with Gasteiger partial charge in [-0.25, -0.2) is 0 Å². The molecular formula is C4HF2IN2. The summed E-state index contributed by atoms with van der Waals surface area (Å²) in [5.74, 6) is -1.50. The number of aromatic nitrogens is 2. The summed E-state index contributed by atoms with van der Waals surface area (Å²) < 4.78 is 24.3. The summed E-state index contributed by atoms with van der Waals surface area (Å²) >= 11 is 1.63. The first-order valence-electron chi connectivity index (χ1n) is 2.04. The van der Waals surface area contributed by atoms with E-state index in [1.165, 1.54) is 0 Å². The van der Waals surface area contributed by atoms with Crippen LogP contribution in [-0.2, 0) is 0 Å². The van der Waals surface area contributed by atoms with Crippen molar-refractivity contribution >= 4 is 22.6 Å². The lowest BCUT2D eigenvalue weighted by Crippen LogP contribution is -1.93. The summed E-state index contributed by atoms with van der Waals surface area (Å²) in [5, 5.41) is 5.72. The molecule has 1 aromatic heterocycles. The van der Waals surface area contributed by atoms with Gasteiger partial charge in [0.1, 0.15) is 0 Å². The third-order valence-corrected chi connectivity index (χ3v) is 1.43. The van der Waals surface area contributed by atoms with E-state index in [0.29, 0.717) is 0 Å². The standard InChI is InChI=1S/C4HF2IN2/c5-3-1-2(7)4(6)9-8-3/h1H. The van der Waals surface area contributed by atoms with Crippen molar-refractivity contribution in [1.82, 2.24) is 10.2 Å². The fourth-order valence-electron chi connectivity index (χ4n) is 0.332. The van der Waals surface area contributed by atoms with Gasteiger partial charge in [-0.1, -0.05) is 0 Å². The van der Waals surface area contributed by atoms with Gasteiger partial charge in [0.25, 0.3) is 0 Å². The third-order valence-electron chi connectivity index (χ3n) is 0.676. The molecule has 0 spiro atoms. The van der Waals surface area contributed by atoms with E-state index in [4.69, 9.17) is 0 Å². The molecule has 1 heterocycles. The fourth-order valence-corrected chi connectivity index (χ4v) is 0.697. The van der Waals surface area contributed by atoms with Gasteiger partial charge < -0.3 is 0 Å². The third kappa shape index (κ3) is 1.54.